The van der Waals surface area contributed by atoms with Crippen molar-refractivity contribution in [2.24, 2.45) is 0 Å². The molecule has 1 unspecified atom stereocenters. The quantitative estimate of drug-likeness (QED) is 0.561. The second-order valence-electron chi connectivity index (χ2n) is 7.54. The van der Waals surface area contributed by atoms with Crippen molar-refractivity contribution >= 4 is 6.08 Å². The fraction of sp³-hybridized carbons (Fsp3) is 0.391. The zero-order valence-corrected chi connectivity index (χ0v) is 15.6. The van der Waals surface area contributed by atoms with E-state index >= 15 is 0 Å². The summed E-state index contributed by atoms with van der Waals surface area (Å²) in [5, 5.41) is 0. The molecule has 1 heterocycles. The van der Waals surface area contributed by atoms with E-state index in [1.807, 2.05) is 6.07 Å². The van der Waals surface area contributed by atoms with Crippen LogP contribution in [0.3, 0.4) is 0 Å². The van der Waals surface area contributed by atoms with Crippen LogP contribution in [0.15, 0.2) is 36.9 Å². The molecule has 2 aromatic carbocycles. The van der Waals surface area contributed by atoms with E-state index in [2.05, 4.69) is 6.58 Å². The van der Waals surface area contributed by atoms with Crippen LogP contribution in [0.2, 0.25) is 0 Å². The minimum Gasteiger partial charge on any atom is -0.374 e. The van der Waals surface area contributed by atoms with Crippen molar-refractivity contribution < 1.29 is 22.6 Å². The van der Waals surface area contributed by atoms with Crippen molar-refractivity contribution in [2.45, 2.75) is 50.4 Å². The summed E-state index contributed by atoms with van der Waals surface area (Å²) in [6.45, 7) is 4.37. The van der Waals surface area contributed by atoms with Crippen LogP contribution < -0.4 is 0 Å². The van der Waals surface area contributed by atoms with Gasteiger partial charge in [0.1, 0.15) is 11.9 Å². The van der Waals surface area contributed by atoms with Crippen LogP contribution >= 0.6 is 0 Å². The van der Waals surface area contributed by atoms with Gasteiger partial charge in [-0.1, -0.05) is 36.9 Å². The van der Waals surface area contributed by atoms with Gasteiger partial charge >= 0.3 is 0 Å². The highest BCUT2D eigenvalue weighted by Crippen LogP contribution is 2.39. The number of benzene rings is 2. The average molecular weight is 388 g/mol. The van der Waals surface area contributed by atoms with E-state index in [1.54, 1.807) is 18.2 Å². The maximum absolute atomic E-state index is 14.5. The third-order valence-electron chi connectivity index (χ3n) is 5.71. The predicted octanol–water partition coefficient (Wildman–Crippen LogP) is 6.06. The molecule has 0 bridgehead atoms. The Morgan fingerprint density at radius 3 is 2.32 bits per heavy atom. The summed E-state index contributed by atoms with van der Waals surface area (Å²) in [4.78, 5) is 0. The van der Waals surface area contributed by atoms with Crippen LogP contribution in [0.1, 0.15) is 60.0 Å². The first-order chi connectivity index (χ1) is 13.6. The monoisotopic (exact) mass is 388 g/mol. The van der Waals surface area contributed by atoms with Crippen LogP contribution in [0, 0.1) is 17.5 Å². The smallest absolute Gasteiger partial charge is 0.165 e. The van der Waals surface area contributed by atoms with Crippen molar-refractivity contribution in [3.63, 3.8) is 0 Å². The molecule has 4 rings (SSSR count). The molecule has 148 valence electrons. The lowest BCUT2D eigenvalue weighted by Gasteiger charge is -2.29. The largest absolute Gasteiger partial charge is 0.374 e. The Kier molecular flexibility index (Phi) is 5.56. The SMILES string of the molecule is C=Cc1ccc(COC2CCC(c3ccc(C4CO4)c(F)c3F)CC2)cc1F. The molecule has 0 aromatic heterocycles. The molecule has 1 aliphatic heterocycles. The summed E-state index contributed by atoms with van der Waals surface area (Å²) in [5.41, 5.74) is 2.00. The lowest BCUT2D eigenvalue weighted by molar-refractivity contribution is 0.0130. The Morgan fingerprint density at radius 2 is 1.68 bits per heavy atom. The summed E-state index contributed by atoms with van der Waals surface area (Å²) in [5.74, 6) is -1.83. The maximum atomic E-state index is 14.5. The molecule has 0 spiro atoms. The van der Waals surface area contributed by atoms with Crippen LogP contribution in [0.4, 0.5) is 13.2 Å². The molecule has 1 aliphatic carbocycles. The van der Waals surface area contributed by atoms with Gasteiger partial charge in [-0.15, -0.1) is 0 Å². The van der Waals surface area contributed by atoms with E-state index < -0.39 is 11.6 Å². The molecule has 1 saturated heterocycles. The first-order valence-corrected chi connectivity index (χ1v) is 9.68. The molecule has 2 aromatic rings. The molecule has 2 fully saturated rings. The molecule has 2 aliphatic rings. The molecule has 0 radical (unpaired) electrons. The maximum Gasteiger partial charge on any atom is 0.165 e. The number of epoxide rings is 1. The van der Waals surface area contributed by atoms with Crippen molar-refractivity contribution in [1.82, 2.24) is 0 Å². The Labute approximate surface area is 163 Å². The third-order valence-corrected chi connectivity index (χ3v) is 5.71. The van der Waals surface area contributed by atoms with Gasteiger partial charge in [-0.3, -0.25) is 0 Å². The average Bonchev–Trinajstić information content (AvgIpc) is 3.54. The number of halogens is 3. The van der Waals surface area contributed by atoms with Crippen LogP contribution in [0.5, 0.6) is 0 Å². The first-order valence-electron chi connectivity index (χ1n) is 9.68. The van der Waals surface area contributed by atoms with Gasteiger partial charge in [0.15, 0.2) is 11.6 Å². The summed E-state index contributed by atoms with van der Waals surface area (Å²) in [6, 6.07) is 8.33. The highest BCUT2D eigenvalue weighted by atomic mass is 19.2. The lowest BCUT2D eigenvalue weighted by Crippen LogP contribution is -2.21. The number of hydrogen-bond donors (Lipinski definition) is 0. The molecule has 5 heteroatoms. The fourth-order valence-corrected chi connectivity index (χ4v) is 3.95. The van der Waals surface area contributed by atoms with Crippen molar-refractivity contribution in [3.05, 3.63) is 76.6 Å². The molecular formula is C23H23F3O2. The summed E-state index contributed by atoms with van der Waals surface area (Å²) < 4.78 is 53.5. The number of hydrogen-bond acceptors (Lipinski definition) is 2. The van der Waals surface area contributed by atoms with E-state index in [1.165, 1.54) is 12.1 Å². The standard InChI is InChI=1S/C23H23F3O2/c1-2-15-4-3-14(11-20(15)24)12-27-17-7-5-16(6-8-17)18-9-10-19(21-13-28-21)23(26)22(18)25/h2-4,9-11,16-17,21H,1,5-8,12-13H2. The van der Waals surface area contributed by atoms with Gasteiger partial charge in [-0.25, -0.2) is 13.2 Å². The Morgan fingerprint density at radius 1 is 1.00 bits per heavy atom. The molecule has 2 nitrogen and oxygen atoms in total. The molecule has 28 heavy (non-hydrogen) atoms. The molecule has 1 saturated carbocycles. The number of rotatable bonds is 6. The molecular weight excluding hydrogens is 365 g/mol. The highest BCUT2D eigenvalue weighted by molar-refractivity contribution is 5.48. The normalized spacial score (nSPS) is 24.2. The first kappa shape index (κ1) is 19.2. The van der Waals surface area contributed by atoms with Crippen LogP contribution in [-0.2, 0) is 16.1 Å². The van der Waals surface area contributed by atoms with Crippen LogP contribution in [0.25, 0.3) is 6.08 Å². The van der Waals surface area contributed by atoms with E-state index in [0.717, 1.165) is 31.2 Å². The van der Waals surface area contributed by atoms with Gasteiger partial charge < -0.3 is 9.47 Å². The van der Waals surface area contributed by atoms with E-state index in [4.69, 9.17) is 9.47 Å². The topological polar surface area (TPSA) is 21.8 Å². The molecule has 0 amide bonds. The zero-order chi connectivity index (χ0) is 19.7. The minimum atomic E-state index is -0.775. The van der Waals surface area contributed by atoms with Crippen molar-refractivity contribution in [2.75, 3.05) is 6.61 Å². The van der Waals surface area contributed by atoms with Gasteiger partial charge in [0.25, 0.3) is 0 Å². The van der Waals surface area contributed by atoms with E-state index in [9.17, 15) is 13.2 Å². The van der Waals surface area contributed by atoms with Gasteiger partial charge in [0.05, 0.1) is 19.3 Å². The lowest BCUT2D eigenvalue weighted by atomic mass is 9.82. The molecule has 0 N–H and O–H groups in total. The Bertz CT molecular complexity index is 868. The van der Waals surface area contributed by atoms with E-state index in [0.29, 0.717) is 29.9 Å². The highest BCUT2D eigenvalue weighted by Gasteiger charge is 2.32. The third kappa shape index (κ3) is 4.01. The summed E-state index contributed by atoms with van der Waals surface area (Å²) >= 11 is 0. The Balaban J connectivity index is 1.33. The van der Waals surface area contributed by atoms with Gasteiger partial charge in [-0.2, -0.15) is 0 Å². The summed E-state index contributed by atoms with van der Waals surface area (Å²) in [7, 11) is 0. The second kappa shape index (κ2) is 8.10. The van der Waals surface area contributed by atoms with Crippen molar-refractivity contribution in [3.8, 4) is 0 Å². The minimum absolute atomic E-state index is 0.00663. The number of ether oxygens (including phenoxy) is 2. The van der Waals surface area contributed by atoms with Gasteiger partial charge in [0.2, 0.25) is 0 Å². The van der Waals surface area contributed by atoms with Crippen molar-refractivity contribution in [1.29, 1.82) is 0 Å². The second-order valence-corrected chi connectivity index (χ2v) is 7.54. The fourth-order valence-electron chi connectivity index (χ4n) is 3.95. The van der Waals surface area contributed by atoms with Gasteiger partial charge in [-0.05, 0) is 48.8 Å². The molecule has 1 atom stereocenters. The van der Waals surface area contributed by atoms with Gasteiger partial charge in [0, 0.05) is 11.1 Å². The van der Waals surface area contributed by atoms with E-state index in [-0.39, 0.29) is 23.9 Å². The Hall–Kier alpha value is -2.11. The summed E-state index contributed by atoms with van der Waals surface area (Å²) in [6.07, 6.45) is 4.25. The zero-order valence-electron chi connectivity index (χ0n) is 15.6. The van der Waals surface area contributed by atoms with Crippen LogP contribution in [-0.4, -0.2) is 12.7 Å². The predicted molar refractivity (Wildman–Crippen MR) is 101 cm³/mol.